The van der Waals surface area contributed by atoms with Gasteiger partial charge >= 0.3 is 0 Å². The van der Waals surface area contributed by atoms with Gasteiger partial charge in [-0.3, -0.25) is 4.79 Å². The van der Waals surface area contributed by atoms with Crippen LogP contribution in [0.5, 0.6) is 0 Å². The predicted octanol–water partition coefficient (Wildman–Crippen LogP) is 2.24. The Hall–Kier alpha value is -1.55. The largest absolute Gasteiger partial charge is 0.398 e. The fraction of sp³-hybridized carbons (Fsp3) is 0.0833. The molecular formula is C12H11BrN2O. The first-order valence-corrected chi connectivity index (χ1v) is 5.65. The van der Waals surface area contributed by atoms with E-state index in [-0.39, 0.29) is 5.56 Å². The van der Waals surface area contributed by atoms with E-state index in [4.69, 9.17) is 5.73 Å². The number of nitrogens with two attached hydrogens (primary N) is 1. The molecule has 1 aromatic heterocycles. The average molecular weight is 279 g/mol. The Balaban J connectivity index is 2.34. The molecule has 0 radical (unpaired) electrons. The second kappa shape index (κ2) is 4.53. The number of nitrogens with zero attached hydrogens (tertiary/aromatic N) is 1. The van der Waals surface area contributed by atoms with Crippen molar-refractivity contribution in [3.8, 4) is 0 Å². The van der Waals surface area contributed by atoms with Crippen LogP contribution in [-0.2, 0) is 6.54 Å². The summed E-state index contributed by atoms with van der Waals surface area (Å²) in [6.07, 6.45) is 1.66. The van der Waals surface area contributed by atoms with Crippen molar-refractivity contribution in [2.75, 3.05) is 5.73 Å². The molecule has 2 rings (SSSR count). The Labute approximate surface area is 102 Å². The van der Waals surface area contributed by atoms with Gasteiger partial charge < -0.3 is 10.3 Å². The van der Waals surface area contributed by atoms with Gasteiger partial charge in [0.15, 0.2) is 0 Å². The summed E-state index contributed by atoms with van der Waals surface area (Å²) in [6.45, 7) is 0.531. The maximum atomic E-state index is 11.6. The van der Waals surface area contributed by atoms with Gasteiger partial charge in [-0.25, -0.2) is 0 Å². The highest BCUT2D eigenvalue weighted by Crippen LogP contribution is 2.12. The van der Waals surface area contributed by atoms with E-state index in [0.29, 0.717) is 12.2 Å². The molecule has 0 aliphatic rings. The average Bonchev–Trinajstić information content (AvgIpc) is 2.24. The van der Waals surface area contributed by atoms with Gasteiger partial charge in [0.25, 0.3) is 5.56 Å². The van der Waals surface area contributed by atoms with Crippen LogP contribution in [0.15, 0.2) is 51.9 Å². The van der Waals surface area contributed by atoms with E-state index in [9.17, 15) is 4.79 Å². The van der Waals surface area contributed by atoms with Gasteiger partial charge in [-0.05, 0) is 23.8 Å². The molecule has 0 spiro atoms. The molecule has 0 bridgehead atoms. The molecule has 3 nitrogen and oxygen atoms in total. The van der Waals surface area contributed by atoms with Gasteiger partial charge in [-0.15, -0.1) is 0 Å². The molecule has 0 amide bonds. The number of pyridine rings is 1. The third kappa shape index (κ3) is 2.52. The maximum absolute atomic E-state index is 11.6. The van der Waals surface area contributed by atoms with Crippen LogP contribution in [-0.4, -0.2) is 4.57 Å². The van der Waals surface area contributed by atoms with Gasteiger partial charge in [0.1, 0.15) is 0 Å². The number of rotatable bonds is 2. The quantitative estimate of drug-likeness (QED) is 0.916. The number of anilines is 1. The van der Waals surface area contributed by atoms with Crippen molar-refractivity contribution < 1.29 is 0 Å². The van der Waals surface area contributed by atoms with Crippen LogP contribution in [0.4, 0.5) is 5.69 Å². The molecule has 2 N–H and O–H groups in total. The van der Waals surface area contributed by atoms with Gasteiger partial charge in [0.05, 0.1) is 6.54 Å². The van der Waals surface area contributed by atoms with Crippen molar-refractivity contribution in [1.29, 1.82) is 0 Å². The summed E-state index contributed by atoms with van der Waals surface area (Å²) in [5.74, 6) is 0. The summed E-state index contributed by atoms with van der Waals surface area (Å²) in [7, 11) is 0. The summed E-state index contributed by atoms with van der Waals surface area (Å²) >= 11 is 3.40. The summed E-state index contributed by atoms with van der Waals surface area (Å²) in [5.41, 5.74) is 7.24. The molecule has 0 aliphatic carbocycles. The first-order valence-electron chi connectivity index (χ1n) is 4.85. The lowest BCUT2D eigenvalue weighted by atomic mass is 10.2. The van der Waals surface area contributed by atoms with Crippen LogP contribution in [0.2, 0.25) is 0 Å². The van der Waals surface area contributed by atoms with Crippen LogP contribution in [0.1, 0.15) is 5.56 Å². The molecular weight excluding hydrogens is 268 g/mol. The Morgan fingerprint density at radius 2 is 2.06 bits per heavy atom. The Morgan fingerprint density at radius 1 is 1.25 bits per heavy atom. The Kier molecular flexibility index (Phi) is 3.10. The highest BCUT2D eigenvalue weighted by atomic mass is 79.9. The van der Waals surface area contributed by atoms with E-state index in [0.717, 1.165) is 10.0 Å². The van der Waals surface area contributed by atoms with Gasteiger partial charge in [-0.1, -0.05) is 28.1 Å². The molecule has 0 saturated heterocycles. The third-order valence-corrected chi connectivity index (χ3v) is 2.74. The van der Waals surface area contributed by atoms with E-state index in [1.807, 2.05) is 24.3 Å². The summed E-state index contributed by atoms with van der Waals surface area (Å²) < 4.78 is 2.60. The predicted molar refractivity (Wildman–Crippen MR) is 68.4 cm³/mol. The van der Waals surface area contributed by atoms with Gasteiger partial charge in [0, 0.05) is 22.4 Å². The molecule has 1 heterocycles. The fourth-order valence-corrected chi connectivity index (χ4v) is 1.95. The lowest BCUT2D eigenvalue weighted by Crippen LogP contribution is -2.19. The van der Waals surface area contributed by atoms with Crippen LogP contribution < -0.4 is 11.3 Å². The molecule has 4 heteroatoms. The fourth-order valence-electron chi connectivity index (χ4n) is 1.51. The molecule has 0 saturated carbocycles. The minimum atomic E-state index is -0.0471. The number of nitrogen functional groups attached to an aromatic ring is 1. The number of hydrogen-bond acceptors (Lipinski definition) is 2. The van der Waals surface area contributed by atoms with Crippen molar-refractivity contribution in [2.24, 2.45) is 0 Å². The zero-order valence-corrected chi connectivity index (χ0v) is 10.1. The van der Waals surface area contributed by atoms with E-state index in [1.54, 1.807) is 16.8 Å². The van der Waals surface area contributed by atoms with E-state index in [1.165, 1.54) is 6.07 Å². The molecule has 1 aromatic carbocycles. The van der Waals surface area contributed by atoms with Crippen LogP contribution >= 0.6 is 15.9 Å². The zero-order chi connectivity index (χ0) is 11.5. The number of hydrogen-bond donors (Lipinski definition) is 1. The highest BCUT2D eigenvalue weighted by Gasteiger charge is 1.99. The summed E-state index contributed by atoms with van der Waals surface area (Å²) in [5, 5.41) is 0. The van der Waals surface area contributed by atoms with E-state index in [2.05, 4.69) is 15.9 Å². The van der Waals surface area contributed by atoms with Crippen molar-refractivity contribution in [1.82, 2.24) is 4.57 Å². The maximum Gasteiger partial charge on any atom is 0.250 e. The molecule has 0 aliphatic heterocycles. The second-order valence-electron chi connectivity index (χ2n) is 3.56. The topological polar surface area (TPSA) is 48.0 Å². The van der Waals surface area contributed by atoms with E-state index >= 15 is 0 Å². The standard InChI is InChI=1S/C12H11BrN2O/c13-10-3-1-2-9(6-10)7-15-8-11(14)4-5-12(15)16/h1-6,8H,7,14H2. The molecule has 16 heavy (non-hydrogen) atoms. The SMILES string of the molecule is Nc1ccc(=O)n(Cc2cccc(Br)c2)c1. The lowest BCUT2D eigenvalue weighted by Gasteiger charge is -2.06. The number of halogens is 1. The van der Waals surface area contributed by atoms with E-state index < -0.39 is 0 Å². The van der Waals surface area contributed by atoms with Crippen LogP contribution in [0.3, 0.4) is 0 Å². The van der Waals surface area contributed by atoms with Gasteiger partial charge in [0.2, 0.25) is 0 Å². The first-order chi connectivity index (χ1) is 7.65. The Morgan fingerprint density at radius 3 is 2.81 bits per heavy atom. The van der Waals surface area contributed by atoms with Crippen molar-refractivity contribution in [2.45, 2.75) is 6.54 Å². The number of aromatic nitrogens is 1. The molecule has 0 unspecified atom stereocenters. The minimum absolute atomic E-state index is 0.0471. The van der Waals surface area contributed by atoms with Crippen LogP contribution in [0, 0.1) is 0 Å². The Bertz CT molecular complexity index is 563. The first kappa shape index (κ1) is 11.0. The molecule has 82 valence electrons. The van der Waals surface area contributed by atoms with Crippen LogP contribution in [0.25, 0.3) is 0 Å². The molecule has 0 atom stereocenters. The second-order valence-corrected chi connectivity index (χ2v) is 4.47. The summed E-state index contributed by atoms with van der Waals surface area (Å²) in [4.78, 5) is 11.6. The smallest absolute Gasteiger partial charge is 0.250 e. The van der Waals surface area contributed by atoms with Crippen molar-refractivity contribution in [3.63, 3.8) is 0 Å². The lowest BCUT2D eigenvalue weighted by molar-refractivity contribution is 0.761. The van der Waals surface area contributed by atoms with Gasteiger partial charge in [-0.2, -0.15) is 0 Å². The minimum Gasteiger partial charge on any atom is -0.398 e. The summed E-state index contributed by atoms with van der Waals surface area (Å²) in [6, 6.07) is 10.9. The highest BCUT2D eigenvalue weighted by molar-refractivity contribution is 9.10. The van der Waals surface area contributed by atoms with Crippen molar-refractivity contribution in [3.05, 3.63) is 63.0 Å². The molecule has 2 aromatic rings. The third-order valence-electron chi connectivity index (χ3n) is 2.25. The normalized spacial score (nSPS) is 10.3. The molecule has 0 fully saturated rings. The van der Waals surface area contributed by atoms with Crippen molar-refractivity contribution >= 4 is 21.6 Å². The monoisotopic (exact) mass is 278 g/mol. The number of benzene rings is 1. The zero-order valence-electron chi connectivity index (χ0n) is 8.56.